The molecular weight excluding hydrogens is 276 g/mol. The molecule has 0 saturated heterocycles. The van der Waals surface area contributed by atoms with Crippen molar-refractivity contribution < 1.29 is 13.6 Å². The number of carbonyl (C=O) groups excluding carboxylic acids is 1. The van der Waals surface area contributed by atoms with Crippen LogP contribution in [0.1, 0.15) is 29.4 Å². The van der Waals surface area contributed by atoms with Crippen LogP contribution in [0.4, 0.5) is 14.5 Å². The van der Waals surface area contributed by atoms with Crippen molar-refractivity contribution in [1.82, 2.24) is 9.88 Å². The van der Waals surface area contributed by atoms with Crippen molar-refractivity contribution >= 4 is 11.6 Å². The Morgan fingerprint density at radius 3 is 2.71 bits per heavy atom. The van der Waals surface area contributed by atoms with Gasteiger partial charge < -0.3 is 15.6 Å². The van der Waals surface area contributed by atoms with Crippen molar-refractivity contribution in [3.05, 3.63) is 53.4 Å². The Bertz CT molecular complexity index is 652. The summed E-state index contributed by atoms with van der Waals surface area (Å²) in [4.78, 5) is 12.1. The normalized spacial score (nSPS) is 10.6. The molecule has 0 saturated carbocycles. The first-order valence-electron chi connectivity index (χ1n) is 6.69. The van der Waals surface area contributed by atoms with E-state index >= 15 is 0 Å². The Balaban J connectivity index is 2.06. The van der Waals surface area contributed by atoms with Crippen LogP contribution in [-0.4, -0.2) is 10.5 Å². The van der Waals surface area contributed by atoms with Crippen molar-refractivity contribution in [3.8, 4) is 0 Å². The minimum absolute atomic E-state index is 0.118. The Labute approximate surface area is 121 Å². The molecule has 1 amide bonds. The fraction of sp³-hybridized carbons (Fsp3) is 0.267. The molecule has 0 unspecified atom stereocenters. The summed E-state index contributed by atoms with van der Waals surface area (Å²) in [6.07, 6.45) is 2.58. The topological polar surface area (TPSA) is 60.0 Å². The lowest BCUT2D eigenvalue weighted by atomic mass is 10.2. The number of hydrogen-bond acceptors (Lipinski definition) is 2. The zero-order valence-corrected chi connectivity index (χ0v) is 11.7. The maximum absolute atomic E-state index is 13.1. The molecule has 0 aliphatic carbocycles. The molecule has 0 bridgehead atoms. The van der Waals surface area contributed by atoms with Crippen LogP contribution in [0.3, 0.4) is 0 Å². The molecule has 2 rings (SSSR count). The number of rotatable bonds is 5. The number of amides is 1. The predicted molar refractivity (Wildman–Crippen MR) is 76.7 cm³/mol. The molecule has 0 atom stereocenters. The second-order valence-electron chi connectivity index (χ2n) is 4.78. The quantitative estimate of drug-likeness (QED) is 0.890. The molecule has 6 heteroatoms. The van der Waals surface area contributed by atoms with Crippen molar-refractivity contribution in [2.24, 2.45) is 0 Å². The monoisotopic (exact) mass is 293 g/mol. The molecule has 4 nitrogen and oxygen atoms in total. The maximum Gasteiger partial charge on any atom is 0.268 e. The van der Waals surface area contributed by atoms with E-state index in [2.05, 4.69) is 5.32 Å². The fourth-order valence-electron chi connectivity index (χ4n) is 2.07. The number of nitrogens with two attached hydrogens (primary N) is 1. The minimum Gasteiger partial charge on any atom is -0.397 e. The van der Waals surface area contributed by atoms with E-state index in [4.69, 9.17) is 5.73 Å². The Morgan fingerprint density at radius 1 is 1.29 bits per heavy atom. The number of carbonyl (C=O) groups is 1. The van der Waals surface area contributed by atoms with Crippen molar-refractivity contribution in [2.75, 3.05) is 5.73 Å². The number of halogens is 2. The standard InChI is InChI=1S/C15H17F2N3O/c1-2-5-20-9-11(18)7-14(20)15(21)19-8-10-3-4-12(16)13(17)6-10/h3-4,6-7,9H,2,5,8,18H2,1H3,(H,19,21). The summed E-state index contributed by atoms with van der Waals surface area (Å²) in [7, 11) is 0. The zero-order valence-electron chi connectivity index (χ0n) is 11.7. The highest BCUT2D eigenvalue weighted by Gasteiger charge is 2.12. The second-order valence-corrected chi connectivity index (χ2v) is 4.78. The smallest absolute Gasteiger partial charge is 0.268 e. The Kier molecular flexibility index (Phi) is 4.57. The summed E-state index contributed by atoms with van der Waals surface area (Å²) in [6.45, 7) is 2.80. The van der Waals surface area contributed by atoms with Crippen LogP contribution in [-0.2, 0) is 13.1 Å². The average Bonchev–Trinajstić information content (AvgIpc) is 2.81. The van der Waals surface area contributed by atoms with Gasteiger partial charge in [-0.1, -0.05) is 13.0 Å². The molecule has 112 valence electrons. The molecule has 0 aliphatic heterocycles. The SMILES string of the molecule is CCCn1cc(N)cc1C(=O)NCc1ccc(F)c(F)c1. The largest absolute Gasteiger partial charge is 0.397 e. The van der Waals surface area contributed by atoms with E-state index in [0.29, 0.717) is 23.5 Å². The first kappa shape index (κ1) is 15.0. The van der Waals surface area contributed by atoms with E-state index in [9.17, 15) is 13.6 Å². The van der Waals surface area contributed by atoms with Crippen LogP contribution < -0.4 is 11.1 Å². The summed E-state index contributed by atoms with van der Waals surface area (Å²) in [5.41, 5.74) is 7.16. The highest BCUT2D eigenvalue weighted by molar-refractivity contribution is 5.93. The summed E-state index contributed by atoms with van der Waals surface area (Å²) in [5, 5.41) is 2.67. The van der Waals surface area contributed by atoms with Crippen LogP contribution >= 0.6 is 0 Å². The number of hydrogen-bond donors (Lipinski definition) is 2. The van der Waals surface area contributed by atoms with Gasteiger partial charge in [0.25, 0.3) is 5.91 Å². The van der Waals surface area contributed by atoms with Crippen LogP contribution in [0.2, 0.25) is 0 Å². The molecule has 21 heavy (non-hydrogen) atoms. The van der Waals surface area contributed by atoms with Gasteiger partial charge in [-0.2, -0.15) is 0 Å². The molecule has 0 radical (unpaired) electrons. The van der Waals surface area contributed by atoms with Gasteiger partial charge in [0.1, 0.15) is 5.69 Å². The van der Waals surface area contributed by atoms with E-state index in [0.717, 1.165) is 18.6 Å². The predicted octanol–water partition coefficient (Wildman–Crippen LogP) is 2.69. The molecule has 1 heterocycles. The number of aromatic nitrogens is 1. The van der Waals surface area contributed by atoms with Gasteiger partial charge in [-0.3, -0.25) is 4.79 Å². The summed E-state index contributed by atoms with van der Waals surface area (Å²) in [5.74, 6) is -2.14. The summed E-state index contributed by atoms with van der Waals surface area (Å²) >= 11 is 0. The molecule has 1 aromatic heterocycles. The maximum atomic E-state index is 13.1. The number of nitrogens with zero attached hydrogens (tertiary/aromatic N) is 1. The van der Waals surface area contributed by atoms with Crippen LogP contribution in [0, 0.1) is 11.6 Å². The van der Waals surface area contributed by atoms with Gasteiger partial charge >= 0.3 is 0 Å². The van der Waals surface area contributed by atoms with Crippen molar-refractivity contribution in [3.63, 3.8) is 0 Å². The van der Waals surface area contributed by atoms with Gasteiger partial charge in [-0.25, -0.2) is 8.78 Å². The van der Waals surface area contributed by atoms with Gasteiger partial charge in [-0.05, 0) is 30.2 Å². The van der Waals surface area contributed by atoms with Crippen LogP contribution in [0.25, 0.3) is 0 Å². The van der Waals surface area contributed by atoms with Gasteiger partial charge in [0.05, 0.1) is 5.69 Å². The molecule has 2 aromatic rings. The van der Waals surface area contributed by atoms with E-state index in [1.807, 2.05) is 6.92 Å². The lowest BCUT2D eigenvalue weighted by Crippen LogP contribution is -2.25. The summed E-state index contributed by atoms with van der Waals surface area (Å²) < 4.78 is 27.7. The number of benzene rings is 1. The Hall–Kier alpha value is -2.37. The first-order chi connectivity index (χ1) is 10.0. The minimum atomic E-state index is -0.930. The van der Waals surface area contributed by atoms with E-state index < -0.39 is 11.6 Å². The second kappa shape index (κ2) is 6.39. The first-order valence-corrected chi connectivity index (χ1v) is 6.69. The van der Waals surface area contributed by atoms with Crippen LogP contribution in [0.15, 0.2) is 30.5 Å². The fourth-order valence-corrected chi connectivity index (χ4v) is 2.07. The lowest BCUT2D eigenvalue weighted by molar-refractivity contribution is 0.0941. The molecule has 0 spiro atoms. The molecule has 0 aliphatic rings. The van der Waals surface area contributed by atoms with E-state index in [-0.39, 0.29) is 12.5 Å². The molecule has 3 N–H and O–H groups in total. The number of anilines is 1. The van der Waals surface area contributed by atoms with Gasteiger partial charge in [0.15, 0.2) is 11.6 Å². The van der Waals surface area contributed by atoms with Crippen LogP contribution in [0.5, 0.6) is 0 Å². The van der Waals surface area contributed by atoms with E-state index in [1.54, 1.807) is 16.8 Å². The number of nitrogen functional groups attached to an aromatic ring is 1. The van der Waals surface area contributed by atoms with Gasteiger partial charge in [0, 0.05) is 19.3 Å². The van der Waals surface area contributed by atoms with Gasteiger partial charge in [-0.15, -0.1) is 0 Å². The number of aryl methyl sites for hydroxylation is 1. The molecular formula is C15H17F2N3O. The molecule has 1 aromatic carbocycles. The van der Waals surface area contributed by atoms with E-state index in [1.165, 1.54) is 6.07 Å². The average molecular weight is 293 g/mol. The van der Waals surface area contributed by atoms with Gasteiger partial charge in [0.2, 0.25) is 0 Å². The third kappa shape index (κ3) is 3.59. The van der Waals surface area contributed by atoms with Crippen molar-refractivity contribution in [1.29, 1.82) is 0 Å². The summed E-state index contributed by atoms with van der Waals surface area (Å²) in [6, 6.07) is 5.12. The third-order valence-electron chi connectivity index (χ3n) is 3.05. The number of nitrogens with one attached hydrogen (secondary N) is 1. The lowest BCUT2D eigenvalue weighted by Gasteiger charge is -2.09. The third-order valence-corrected chi connectivity index (χ3v) is 3.05. The molecule has 0 fully saturated rings. The highest BCUT2D eigenvalue weighted by Crippen LogP contribution is 2.12. The zero-order chi connectivity index (χ0) is 15.4. The van der Waals surface area contributed by atoms with Crippen molar-refractivity contribution in [2.45, 2.75) is 26.4 Å². The highest BCUT2D eigenvalue weighted by atomic mass is 19.2. The Morgan fingerprint density at radius 2 is 2.05 bits per heavy atom.